The number of benzene rings is 2. The SMILES string of the molecule is CNC(=O)c1cn(CCc2ccccc2)cc(C(=O)N2CCC[C@@H](c3ccccc3)C2)c1=O. The van der Waals surface area contributed by atoms with Crippen molar-refractivity contribution in [2.75, 3.05) is 20.1 Å². The van der Waals surface area contributed by atoms with Gasteiger partial charge in [0.25, 0.3) is 11.8 Å². The van der Waals surface area contributed by atoms with Gasteiger partial charge in [-0.3, -0.25) is 14.4 Å². The first-order valence-electron chi connectivity index (χ1n) is 11.4. The minimum atomic E-state index is -0.517. The summed E-state index contributed by atoms with van der Waals surface area (Å²) in [6, 6.07) is 20.2. The lowest BCUT2D eigenvalue weighted by Gasteiger charge is -2.33. The third-order valence-corrected chi connectivity index (χ3v) is 6.26. The van der Waals surface area contributed by atoms with Crippen molar-refractivity contribution in [2.45, 2.75) is 31.7 Å². The minimum Gasteiger partial charge on any atom is -0.355 e. The lowest BCUT2D eigenvalue weighted by Crippen LogP contribution is -2.42. The maximum absolute atomic E-state index is 13.5. The summed E-state index contributed by atoms with van der Waals surface area (Å²) >= 11 is 0. The lowest BCUT2D eigenvalue weighted by molar-refractivity contribution is 0.0705. The van der Waals surface area contributed by atoms with Crippen LogP contribution in [-0.2, 0) is 13.0 Å². The molecule has 0 bridgehead atoms. The van der Waals surface area contributed by atoms with Crippen LogP contribution in [0.15, 0.2) is 77.9 Å². The second kappa shape index (κ2) is 10.3. The zero-order chi connectivity index (χ0) is 23.2. The highest BCUT2D eigenvalue weighted by Crippen LogP contribution is 2.27. The van der Waals surface area contributed by atoms with Gasteiger partial charge in [-0.1, -0.05) is 60.7 Å². The zero-order valence-corrected chi connectivity index (χ0v) is 18.9. The highest BCUT2D eigenvalue weighted by atomic mass is 16.2. The number of rotatable bonds is 6. The van der Waals surface area contributed by atoms with Crippen LogP contribution in [0, 0.1) is 0 Å². The Morgan fingerprint density at radius 2 is 1.64 bits per heavy atom. The van der Waals surface area contributed by atoms with Crippen molar-refractivity contribution < 1.29 is 9.59 Å². The van der Waals surface area contributed by atoms with Crippen molar-refractivity contribution in [3.05, 3.63) is 106 Å². The monoisotopic (exact) mass is 443 g/mol. The Balaban J connectivity index is 1.61. The predicted molar refractivity (Wildman–Crippen MR) is 129 cm³/mol. The van der Waals surface area contributed by atoms with Crippen LogP contribution in [0.2, 0.25) is 0 Å². The van der Waals surface area contributed by atoms with Crippen molar-refractivity contribution in [3.63, 3.8) is 0 Å². The van der Waals surface area contributed by atoms with E-state index in [0.29, 0.717) is 19.6 Å². The average molecular weight is 444 g/mol. The van der Waals surface area contributed by atoms with E-state index in [2.05, 4.69) is 17.4 Å². The molecule has 170 valence electrons. The van der Waals surface area contributed by atoms with E-state index in [0.717, 1.165) is 24.8 Å². The number of carbonyl (C=O) groups excluding carboxylic acids is 2. The van der Waals surface area contributed by atoms with Gasteiger partial charge in [-0.25, -0.2) is 0 Å². The lowest BCUT2D eigenvalue weighted by atomic mass is 9.90. The number of carbonyl (C=O) groups is 2. The average Bonchev–Trinajstić information content (AvgIpc) is 2.88. The summed E-state index contributed by atoms with van der Waals surface area (Å²) in [5, 5.41) is 2.52. The second-order valence-electron chi connectivity index (χ2n) is 8.47. The summed E-state index contributed by atoms with van der Waals surface area (Å²) in [6.07, 6.45) is 5.76. The highest BCUT2D eigenvalue weighted by molar-refractivity contribution is 5.99. The molecule has 6 nitrogen and oxygen atoms in total. The van der Waals surface area contributed by atoms with Crippen molar-refractivity contribution in [1.82, 2.24) is 14.8 Å². The largest absolute Gasteiger partial charge is 0.355 e. The van der Waals surface area contributed by atoms with Crippen LogP contribution in [0.1, 0.15) is 50.6 Å². The van der Waals surface area contributed by atoms with Crippen LogP contribution in [0.4, 0.5) is 0 Å². The summed E-state index contributed by atoms with van der Waals surface area (Å²) < 4.78 is 1.78. The molecule has 0 saturated carbocycles. The second-order valence-corrected chi connectivity index (χ2v) is 8.47. The van der Waals surface area contributed by atoms with Gasteiger partial charge >= 0.3 is 0 Å². The molecule has 1 aliphatic rings. The minimum absolute atomic E-state index is 0.00645. The van der Waals surface area contributed by atoms with Crippen LogP contribution in [0.5, 0.6) is 0 Å². The van der Waals surface area contributed by atoms with Crippen LogP contribution < -0.4 is 10.7 Å². The fraction of sp³-hybridized carbons (Fsp3) is 0.296. The number of nitrogens with zero attached hydrogens (tertiary/aromatic N) is 2. The Labute approximate surface area is 193 Å². The van der Waals surface area contributed by atoms with E-state index in [1.165, 1.54) is 12.6 Å². The molecule has 2 amide bonds. The van der Waals surface area contributed by atoms with Gasteiger partial charge in [0.1, 0.15) is 11.1 Å². The normalized spacial score (nSPS) is 15.8. The van der Waals surface area contributed by atoms with Gasteiger partial charge in [0.2, 0.25) is 5.43 Å². The molecule has 1 N–H and O–H groups in total. The van der Waals surface area contributed by atoms with Crippen molar-refractivity contribution in [1.29, 1.82) is 0 Å². The molecule has 0 aliphatic carbocycles. The number of aromatic nitrogens is 1. The van der Waals surface area contributed by atoms with Gasteiger partial charge in [-0.05, 0) is 30.4 Å². The number of aryl methyl sites for hydroxylation is 2. The first-order valence-corrected chi connectivity index (χ1v) is 11.4. The molecule has 1 fully saturated rings. The van der Waals surface area contributed by atoms with Crippen molar-refractivity contribution in [3.8, 4) is 0 Å². The van der Waals surface area contributed by atoms with E-state index in [1.807, 2.05) is 48.5 Å². The summed E-state index contributed by atoms with van der Waals surface area (Å²) in [4.78, 5) is 40.7. The Kier molecular flexibility index (Phi) is 7.03. The van der Waals surface area contributed by atoms with Gasteiger partial charge in [0.05, 0.1) is 0 Å². The van der Waals surface area contributed by atoms with E-state index in [4.69, 9.17) is 0 Å². The molecule has 1 aliphatic heterocycles. The molecule has 2 aromatic carbocycles. The number of pyridine rings is 1. The molecular weight excluding hydrogens is 414 g/mol. The van der Waals surface area contributed by atoms with E-state index in [1.54, 1.807) is 21.9 Å². The van der Waals surface area contributed by atoms with Gasteiger partial charge in [-0.2, -0.15) is 0 Å². The summed E-state index contributed by atoms with van der Waals surface area (Å²) in [6.45, 7) is 1.73. The number of piperidine rings is 1. The van der Waals surface area contributed by atoms with Crippen LogP contribution in [0.3, 0.4) is 0 Å². The van der Waals surface area contributed by atoms with Crippen LogP contribution in [0.25, 0.3) is 0 Å². The molecule has 3 aromatic rings. The number of amides is 2. The molecule has 2 heterocycles. The maximum Gasteiger partial charge on any atom is 0.259 e. The van der Waals surface area contributed by atoms with Crippen molar-refractivity contribution >= 4 is 11.8 Å². The van der Waals surface area contributed by atoms with Gasteiger partial charge in [0.15, 0.2) is 0 Å². The Hall–Kier alpha value is -3.67. The van der Waals surface area contributed by atoms with Crippen LogP contribution in [-0.4, -0.2) is 41.4 Å². The summed E-state index contributed by atoms with van der Waals surface area (Å²) in [7, 11) is 1.49. The van der Waals surface area contributed by atoms with Gasteiger partial charge < -0.3 is 14.8 Å². The number of hydrogen-bond acceptors (Lipinski definition) is 3. The molecule has 33 heavy (non-hydrogen) atoms. The molecule has 1 aromatic heterocycles. The molecular formula is C27H29N3O3. The smallest absolute Gasteiger partial charge is 0.259 e. The molecule has 1 saturated heterocycles. The number of nitrogens with one attached hydrogen (secondary N) is 1. The first-order chi connectivity index (χ1) is 16.1. The maximum atomic E-state index is 13.5. The molecule has 0 unspecified atom stereocenters. The van der Waals surface area contributed by atoms with E-state index >= 15 is 0 Å². The third-order valence-electron chi connectivity index (χ3n) is 6.26. The van der Waals surface area contributed by atoms with E-state index in [-0.39, 0.29) is 23.0 Å². The van der Waals surface area contributed by atoms with Crippen molar-refractivity contribution in [2.24, 2.45) is 0 Å². The van der Waals surface area contributed by atoms with E-state index < -0.39 is 11.3 Å². The van der Waals surface area contributed by atoms with Crippen LogP contribution >= 0.6 is 0 Å². The topological polar surface area (TPSA) is 71.4 Å². The Bertz CT molecular complexity index is 1170. The van der Waals surface area contributed by atoms with E-state index in [9.17, 15) is 14.4 Å². The first kappa shape index (κ1) is 22.5. The van der Waals surface area contributed by atoms with Gasteiger partial charge in [-0.15, -0.1) is 0 Å². The number of likely N-dealkylation sites (tertiary alicyclic amines) is 1. The fourth-order valence-electron chi connectivity index (χ4n) is 4.44. The fourth-order valence-corrected chi connectivity index (χ4v) is 4.44. The molecule has 0 radical (unpaired) electrons. The molecule has 6 heteroatoms. The third kappa shape index (κ3) is 5.22. The summed E-state index contributed by atoms with van der Waals surface area (Å²) in [5.74, 6) is -0.546. The predicted octanol–water partition coefficient (Wildman–Crippen LogP) is 3.47. The van der Waals surface area contributed by atoms with Gasteiger partial charge in [0, 0.05) is 45.0 Å². The molecule has 4 rings (SSSR count). The molecule has 0 spiro atoms. The standard InChI is InChI=1S/C27H29N3O3/c1-28-26(32)23-18-29(16-14-20-9-4-2-5-10-20)19-24(25(23)31)27(33)30-15-8-13-22(17-30)21-11-6-3-7-12-21/h2-7,9-12,18-19,22H,8,13-17H2,1H3,(H,28,32)/t22-/m1/s1. The Morgan fingerprint density at radius 1 is 0.970 bits per heavy atom. The molecule has 1 atom stereocenters. The zero-order valence-electron chi connectivity index (χ0n) is 18.9. The highest BCUT2D eigenvalue weighted by Gasteiger charge is 2.28. The quantitative estimate of drug-likeness (QED) is 0.634. The number of hydrogen-bond donors (Lipinski definition) is 1. The Morgan fingerprint density at radius 3 is 2.33 bits per heavy atom. The summed E-state index contributed by atoms with van der Waals surface area (Å²) in [5.41, 5.74) is 1.88.